The Hall–Kier alpha value is -1.09. The van der Waals surface area contributed by atoms with Crippen molar-refractivity contribution >= 4 is 5.82 Å². The Balaban J connectivity index is 1.84. The first-order valence-electron chi connectivity index (χ1n) is 6.53. The van der Waals surface area contributed by atoms with Crippen molar-refractivity contribution in [2.24, 2.45) is 5.92 Å². The van der Waals surface area contributed by atoms with E-state index in [1.807, 2.05) is 25.2 Å². The van der Waals surface area contributed by atoms with E-state index in [4.69, 9.17) is 4.74 Å². The number of pyridine rings is 1. The number of nitrogens with zero attached hydrogens (tertiary/aromatic N) is 1. The lowest BCUT2D eigenvalue weighted by atomic mass is 9.89. The predicted molar refractivity (Wildman–Crippen MR) is 70.0 cm³/mol. The average molecular weight is 234 g/mol. The molecule has 17 heavy (non-hydrogen) atoms. The van der Waals surface area contributed by atoms with Crippen molar-refractivity contribution in [1.82, 2.24) is 4.98 Å². The highest BCUT2D eigenvalue weighted by Gasteiger charge is 2.19. The van der Waals surface area contributed by atoms with E-state index in [9.17, 15) is 0 Å². The molecule has 2 unspecified atom stereocenters. The molecule has 1 heterocycles. The molecule has 3 heteroatoms. The second-order valence-corrected chi connectivity index (χ2v) is 4.97. The van der Waals surface area contributed by atoms with Gasteiger partial charge < -0.3 is 10.1 Å². The zero-order valence-corrected chi connectivity index (χ0v) is 10.8. The van der Waals surface area contributed by atoms with E-state index in [1.54, 1.807) is 0 Å². The Kier molecular flexibility index (Phi) is 4.37. The number of aromatic nitrogens is 1. The Morgan fingerprint density at radius 2 is 2.29 bits per heavy atom. The Morgan fingerprint density at radius 3 is 3.06 bits per heavy atom. The molecule has 1 aliphatic carbocycles. The van der Waals surface area contributed by atoms with E-state index in [1.165, 1.54) is 25.7 Å². The number of anilines is 1. The Morgan fingerprint density at radius 1 is 1.41 bits per heavy atom. The molecule has 0 saturated heterocycles. The smallest absolute Gasteiger partial charge is 0.126 e. The van der Waals surface area contributed by atoms with Crippen molar-refractivity contribution in [1.29, 1.82) is 0 Å². The number of hydrogen-bond donors (Lipinski definition) is 1. The summed E-state index contributed by atoms with van der Waals surface area (Å²) in [5.74, 6) is 1.72. The van der Waals surface area contributed by atoms with Crippen LogP contribution < -0.4 is 5.32 Å². The van der Waals surface area contributed by atoms with Crippen LogP contribution in [-0.2, 0) is 11.3 Å². The fraction of sp³-hybridized carbons (Fsp3) is 0.643. The minimum Gasteiger partial charge on any atom is -0.373 e. The van der Waals surface area contributed by atoms with Gasteiger partial charge in [-0.25, -0.2) is 4.98 Å². The third kappa shape index (κ3) is 3.70. The third-order valence-corrected chi connectivity index (χ3v) is 3.42. The first-order chi connectivity index (χ1) is 8.28. The molecule has 2 atom stereocenters. The van der Waals surface area contributed by atoms with Crippen LogP contribution in [0.1, 0.15) is 38.3 Å². The van der Waals surface area contributed by atoms with Gasteiger partial charge in [0.15, 0.2) is 0 Å². The van der Waals surface area contributed by atoms with Crippen LogP contribution in [0, 0.1) is 5.92 Å². The van der Waals surface area contributed by atoms with Crippen molar-refractivity contribution in [3.05, 3.63) is 23.9 Å². The second kappa shape index (κ2) is 6.01. The van der Waals surface area contributed by atoms with Gasteiger partial charge in [-0.3, -0.25) is 0 Å². The number of nitrogens with one attached hydrogen (secondary N) is 1. The molecule has 1 N–H and O–H groups in total. The van der Waals surface area contributed by atoms with Crippen LogP contribution in [0.15, 0.2) is 18.2 Å². The zero-order chi connectivity index (χ0) is 12.1. The molecule has 1 aliphatic rings. The number of hydrogen-bond acceptors (Lipinski definition) is 3. The fourth-order valence-corrected chi connectivity index (χ4v) is 2.43. The summed E-state index contributed by atoms with van der Waals surface area (Å²) in [6.07, 6.45) is 5.49. The van der Waals surface area contributed by atoms with Gasteiger partial charge in [-0.1, -0.05) is 25.8 Å². The normalized spacial score (nSPS) is 24.6. The maximum atomic E-state index is 5.95. The lowest BCUT2D eigenvalue weighted by Gasteiger charge is -2.26. The van der Waals surface area contributed by atoms with Crippen LogP contribution in [0.5, 0.6) is 0 Å². The molecular weight excluding hydrogens is 212 g/mol. The molecule has 0 amide bonds. The largest absolute Gasteiger partial charge is 0.373 e. The summed E-state index contributed by atoms with van der Waals surface area (Å²) >= 11 is 0. The van der Waals surface area contributed by atoms with Crippen molar-refractivity contribution < 1.29 is 4.74 Å². The van der Waals surface area contributed by atoms with E-state index in [0.717, 1.165) is 17.4 Å². The monoisotopic (exact) mass is 234 g/mol. The van der Waals surface area contributed by atoms with Crippen molar-refractivity contribution in [2.45, 2.75) is 45.3 Å². The minimum absolute atomic E-state index is 0.429. The van der Waals surface area contributed by atoms with E-state index in [-0.39, 0.29) is 0 Å². The third-order valence-electron chi connectivity index (χ3n) is 3.42. The summed E-state index contributed by atoms with van der Waals surface area (Å²) in [5.41, 5.74) is 1.01. The molecule has 0 spiro atoms. The van der Waals surface area contributed by atoms with Crippen LogP contribution >= 0.6 is 0 Å². The summed E-state index contributed by atoms with van der Waals surface area (Å²) in [6, 6.07) is 6.00. The van der Waals surface area contributed by atoms with Crippen LogP contribution in [0.3, 0.4) is 0 Å². The molecule has 2 rings (SSSR count). The van der Waals surface area contributed by atoms with Gasteiger partial charge >= 0.3 is 0 Å². The van der Waals surface area contributed by atoms with Crippen molar-refractivity contribution in [3.8, 4) is 0 Å². The molecular formula is C14H22N2O. The van der Waals surface area contributed by atoms with Crippen LogP contribution in [-0.4, -0.2) is 18.1 Å². The standard InChI is InChI=1S/C14H22N2O/c1-11-5-3-7-13(9-11)17-10-12-6-4-8-14(15-2)16-12/h4,6,8,11,13H,3,5,7,9-10H2,1-2H3,(H,15,16). The zero-order valence-electron chi connectivity index (χ0n) is 10.8. The van der Waals surface area contributed by atoms with E-state index in [2.05, 4.69) is 17.2 Å². The first kappa shape index (κ1) is 12.4. The molecule has 94 valence electrons. The van der Waals surface area contributed by atoms with Gasteiger partial charge in [0.1, 0.15) is 5.82 Å². The highest BCUT2D eigenvalue weighted by atomic mass is 16.5. The first-order valence-corrected chi connectivity index (χ1v) is 6.53. The second-order valence-electron chi connectivity index (χ2n) is 4.97. The highest BCUT2D eigenvalue weighted by molar-refractivity contribution is 5.34. The molecule has 1 saturated carbocycles. The predicted octanol–water partition coefficient (Wildman–Crippen LogP) is 3.22. The van der Waals surface area contributed by atoms with E-state index < -0.39 is 0 Å². The Bertz CT molecular complexity index is 354. The number of rotatable bonds is 4. The van der Waals surface area contributed by atoms with Gasteiger partial charge in [-0.15, -0.1) is 0 Å². The molecule has 0 aliphatic heterocycles. The van der Waals surface area contributed by atoms with Crippen molar-refractivity contribution in [3.63, 3.8) is 0 Å². The lowest BCUT2D eigenvalue weighted by molar-refractivity contribution is 0.00326. The molecule has 0 bridgehead atoms. The maximum Gasteiger partial charge on any atom is 0.126 e. The molecule has 3 nitrogen and oxygen atoms in total. The molecule has 0 aromatic carbocycles. The van der Waals surface area contributed by atoms with Gasteiger partial charge in [0.05, 0.1) is 18.4 Å². The average Bonchev–Trinajstić information content (AvgIpc) is 2.37. The molecule has 0 radical (unpaired) electrons. The summed E-state index contributed by atoms with van der Waals surface area (Å²) < 4.78 is 5.95. The summed E-state index contributed by atoms with van der Waals surface area (Å²) in [4.78, 5) is 4.46. The lowest BCUT2D eigenvalue weighted by Crippen LogP contribution is -2.21. The van der Waals surface area contributed by atoms with E-state index in [0.29, 0.717) is 12.7 Å². The highest BCUT2D eigenvalue weighted by Crippen LogP contribution is 2.26. The fourth-order valence-electron chi connectivity index (χ4n) is 2.43. The van der Waals surface area contributed by atoms with Gasteiger partial charge in [0.2, 0.25) is 0 Å². The topological polar surface area (TPSA) is 34.1 Å². The molecule has 1 aromatic rings. The quantitative estimate of drug-likeness (QED) is 0.868. The SMILES string of the molecule is CNc1cccc(COC2CCCC(C)C2)n1. The van der Waals surface area contributed by atoms with Gasteiger partial charge in [-0.2, -0.15) is 0 Å². The van der Waals surface area contributed by atoms with Crippen LogP contribution in [0.2, 0.25) is 0 Å². The van der Waals surface area contributed by atoms with Gasteiger partial charge in [0, 0.05) is 7.05 Å². The summed E-state index contributed by atoms with van der Waals surface area (Å²) in [6.45, 7) is 2.95. The number of ether oxygens (including phenoxy) is 1. The summed E-state index contributed by atoms with van der Waals surface area (Å²) in [5, 5.41) is 3.05. The summed E-state index contributed by atoms with van der Waals surface area (Å²) in [7, 11) is 1.88. The molecule has 1 aromatic heterocycles. The Labute approximate surface area is 104 Å². The van der Waals surface area contributed by atoms with Crippen LogP contribution in [0.25, 0.3) is 0 Å². The van der Waals surface area contributed by atoms with Gasteiger partial charge in [-0.05, 0) is 30.9 Å². The van der Waals surface area contributed by atoms with E-state index >= 15 is 0 Å². The molecule has 1 fully saturated rings. The van der Waals surface area contributed by atoms with Gasteiger partial charge in [0.25, 0.3) is 0 Å². The minimum atomic E-state index is 0.429. The van der Waals surface area contributed by atoms with Crippen LogP contribution in [0.4, 0.5) is 5.82 Å². The maximum absolute atomic E-state index is 5.95. The van der Waals surface area contributed by atoms with Crippen molar-refractivity contribution in [2.75, 3.05) is 12.4 Å².